The molecule has 0 spiro atoms. The van der Waals surface area contributed by atoms with Gasteiger partial charge >= 0.3 is 0 Å². The highest BCUT2D eigenvalue weighted by molar-refractivity contribution is 5.77. The quantitative estimate of drug-likeness (QED) is 0.597. The molecule has 3 nitrogen and oxygen atoms in total. The topological polar surface area (TPSA) is 64.4 Å². The van der Waals surface area contributed by atoms with Crippen LogP contribution in [0.2, 0.25) is 0 Å². The van der Waals surface area contributed by atoms with Crippen LogP contribution >= 0.6 is 0 Å². The summed E-state index contributed by atoms with van der Waals surface area (Å²) < 4.78 is 0. The molecule has 1 aromatic carbocycles. The number of benzene rings is 1. The number of rotatable bonds is 0. The number of aromatic amines is 1. The third-order valence-electron chi connectivity index (χ3n) is 1.63. The highest BCUT2D eigenvalue weighted by atomic mass is 27.0. The first-order valence-corrected chi connectivity index (χ1v) is 3.44. The number of hydrogen-bond donors (Lipinski definition) is 1. The van der Waals surface area contributed by atoms with E-state index in [9.17, 15) is 4.79 Å². The molecule has 0 aliphatic rings. The predicted molar refractivity (Wildman–Crippen MR) is 53.9 cm³/mol. The van der Waals surface area contributed by atoms with Crippen molar-refractivity contribution in [1.29, 1.82) is 0 Å². The van der Waals surface area contributed by atoms with Crippen molar-refractivity contribution in [3.63, 3.8) is 0 Å². The van der Waals surface area contributed by atoms with Gasteiger partial charge in [0.2, 0.25) is 5.56 Å². The molecule has 0 unspecified atom stereocenters. The van der Waals surface area contributed by atoms with E-state index in [1.165, 1.54) is 6.07 Å². The van der Waals surface area contributed by atoms with Crippen molar-refractivity contribution in [2.75, 3.05) is 0 Å². The normalized spacial score (nSPS) is 8.62. The van der Waals surface area contributed by atoms with E-state index in [1.807, 2.05) is 30.3 Å². The average molecular weight is 190 g/mol. The summed E-state index contributed by atoms with van der Waals surface area (Å²) in [6.07, 6.45) is 0. The van der Waals surface area contributed by atoms with Crippen LogP contribution in [0.1, 0.15) is 0 Å². The van der Waals surface area contributed by atoms with E-state index in [-0.39, 0.29) is 28.4 Å². The number of fused-ring (bicyclic) bond motifs is 1. The minimum atomic E-state index is -0.0521. The molecule has 0 saturated heterocycles. The number of H-pyrrole nitrogens is 1. The zero-order chi connectivity index (χ0) is 7.68. The third kappa shape index (κ3) is 2.43. The Morgan fingerprint density at radius 2 is 1.69 bits per heavy atom. The summed E-state index contributed by atoms with van der Waals surface area (Å²) in [5.74, 6) is 0. The molecule has 1 aromatic heterocycles. The molecule has 0 amide bonds. The van der Waals surface area contributed by atoms with E-state index < -0.39 is 0 Å². The van der Waals surface area contributed by atoms with Crippen molar-refractivity contribution >= 4 is 28.3 Å². The second kappa shape index (κ2) is 4.83. The molecule has 0 aliphatic heterocycles. The Bertz CT molecular complexity index is 439. The lowest BCUT2D eigenvalue weighted by Gasteiger charge is -1.93. The van der Waals surface area contributed by atoms with Crippen LogP contribution < -0.4 is 5.56 Å². The lowest BCUT2D eigenvalue weighted by atomic mass is 10.2. The molecule has 0 fully saturated rings. The van der Waals surface area contributed by atoms with Crippen LogP contribution in [-0.4, -0.2) is 27.8 Å². The second-order valence-corrected chi connectivity index (χ2v) is 2.41. The van der Waals surface area contributed by atoms with Gasteiger partial charge in [0, 0.05) is 28.9 Å². The van der Waals surface area contributed by atoms with E-state index >= 15 is 0 Å². The minimum absolute atomic E-state index is 0. The van der Waals surface area contributed by atoms with Crippen molar-refractivity contribution < 1.29 is 5.48 Å². The molecule has 4 heteroatoms. The minimum Gasteiger partial charge on any atom is -0.412 e. The third-order valence-corrected chi connectivity index (χ3v) is 1.63. The fourth-order valence-electron chi connectivity index (χ4n) is 1.10. The summed E-state index contributed by atoms with van der Waals surface area (Å²) in [5, 5.41) is 1.06. The maximum atomic E-state index is 10.8. The number of aromatic nitrogens is 1. The Hall–Kier alpha value is -1.08. The molecule has 0 bridgehead atoms. The summed E-state index contributed by atoms with van der Waals surface area (Å²) in [4.78, 5) is 13.6. The Kier molecular flexibility index (Phi) is 4.43. The highest BCUT2D eigenvalue weighted by Crippen LogP contribution is 2.06. The molecule has 2 aromatic rings. The van der Waals surface area contributed by atoms with Gasteiger partial charge in [-0.1, -0.05) is 18.2 Å². The van der Waals surface area contributed by atoms with Crippen molar-refractivity contribution in [2.45, 2.75) is 0 Å². The van der Waals surface area contributed by atoms with Crippen molar-refractivity contribution in [3.8, 4) is 0 Å². The summed E-state index contributed by atoms with van der Waals surface area (Å²) in [5.41, 5.74) is 0.837. The van der Waals surface area contributed by atoms with Gasteiger partial charge in [-0.3, -0.25) is 4.79 Å². The van der Waals surface area contributed by atoms with E-state index in [0.717, 1.165) is 10.9 Å². The molecule has 0 saturated carbocycles. The van der Waals surface area contributed by atoms with Crippen LogP contribution in [-0.2, 0) is 0 Å². The van der Waals surface area contributed by atoms with Gasteiger partial charge in [-0.25, -0.2) is 0 Å². The van der Waals surface area contributed by atoms with Crippen LogP contribution in [0.15, 0.2) is 41.2 Å². The first kappa shape index (κ1) is 11.9. The molecule has 65 valence electrons. The van der Waals surface area contributed by atoms with Crippen molar-refractivity contribution in [2.24, 2.45) is 0 Å². The summed E-state index contributed by atoms with van der Waals surface area (Å²) >= 11 is 0. The van der Waals surface area contributed by atoms with E-state index in [1.54, 1.807) is 0 Å². The first-order chi connectivity index (χ1) is 5.36. The average Bonchev–Trinajstić information content (AvgIpc) is 2.04. The zero-order valence-corrected chi connectivity index (χ0v) is 8.10. The Balaban J connectivity index is 0.000000720. The molecule has 3 N–H and O–H groups in total. The SMILES string of the molecule is O.O=c1ccc2ccccc2[nH]1.[Al]. The predicted octanol–water partition coefficient (Wildman–Crippen LogP) is 0.323. The maximum absolute atomic E-state index is 10.8. The Morgan fingerprint density at radius 1 is 1.00 bits per heavy atom. The van der Waals surface area contributed by atoms with Gasteiger partial charge in [-0.05, 0) is 17.5 Å². The van der Waals surface area contributed by atoms with Gasteiger partial charge in [-0.2, -0.15) is 0 Å². The fourth-order valence-corrected chi connectivity index (χ4v) is 1.10. The van der Waals surface area contributed by atoms with Gasteiger partial charge < -0.3 is 10.5 Å². The number of hydrogen-bond acceptors (Lipinski definition) is 1. The molecule has 13 heavy (non-hydrogen) atoms. The van der Waals surface area contributed by atoms with Crippen molar-refractivity contribution in [1.82, 2.24) is 4.98 Å². The fraction of sp³-hybridized carbons (Fsp3) is 0. The second-order valence-electron chi connectivity index (χ2n) is 2.41. The molecular formula is C9H9AlNO2. The Morgan fingerprint density at radius 3 is 2.46 bits per heavy atom. The summed E-state index contributed by atoms with van der Waals surface area (Å²) in [7, 11) is 0. The lowest BCUT2D eigenvalue weighted by Crippen LogP contribution is -2.01. The smallest absolute Gasteiger partial charge is 0.248 e. The van der Waals surface area contributed by atoms with Gasteiger partial charge in [0.25, 0.3) is 0 Å². The first-order valence-electron chi connectivity index (χ1n) is 3.44. The van der Waals surface area contributed by atoms with E-state index in [4.69, 9.17) is 0 Å². The Labute approximate surface area is 85.8 Å². The number of nitrogens with one attached hydrogen (secondary N) is 1. The molecule has 3 radical (unpaired) electrons. The van der Waals surface area contributed by atoms with Crippen molar-refractivity contribution in [3.05, 3.63) is 46.8 Å². The van der Waals surface area contributed by atoms with Gasteiger partial charge in [0.1, 0.15) is 0 Å². The maximum Gasteiger partial charge on any atom is 0.248 e. The van der Waals surface area contributed by atoms with Crippen LogP contribution in [0, 0.1) is 0 Å². The van der Waals surface area contributed by atoms with Gasteiger partial charge in [-0.15, -0.1) is 0 Å². The molecule has 0 aliphatic carbocycles. The summed E-state index contributed by atoms with van der Waals surface area (Å²) in [6.45, 7) is 0. The largest absolute Gasteiger partial charge is 0.412 e. The van der Waals surface area contributed by atoms with Crippen LogP contribution in [0.4, 0.5) is 0 Å². The standard InChI is InChI=1S/C9H7NO.Al.H2O/c11-9-6-5-7-3-1-2-4-8(7)10-9;;/h1-6H,(H,10,11);;1H2. The lowest BCUT2D eigenvalue weighted by molar-refractivity contribution is 0.824. The molecule has 0 atom stereocenters. The molecule has 2 rings (SSSR count). The molecular weight excluding hydrogens is 181 g/mol. The van der Waals surface area contributed by atoms with E-state index in [2.05, 4.69) is 4.98 Å². The number of pyridine rings is 1. The van der Waals surface area contributed by atoms with Gasteiger partial charge in [0.05, 0.1) is 0 Å². The monoisotopic (exact) mass is 190 g/mol. The summed E-state index contributed by atoms with van der Waals surface area (Å²) in [6, 6.07) is 11.0. The zero-order valence-electron chi connectivity index (χ0n) is 6.95. The highest BCUT2D eigenvalue weighted by Gasteiger charge is 1.89. The molecule has 1 heterocycles. The van der Waals surface area contributed by atoms with Crippen LogP contribution in [0.5, 0.6) is 0 Å². The van der Waals surface area contributed by atoms with Crippen LogP contribution in [0.3, 0.4) is 0 Å². The van der Waals surface area contributed by atoms with Crippen LogP contribution in [0.25, 0.3) is 10.9 Å². The van der Waals surface area contributed by atoms with Gasteiger partial charge in [0.15, 0.2) is 0 Å². The number of para-hydroxylation sites is 1. The van der Waals surface area contributed by atoms with E-state index in [0.29, 0.717) is 0 Å².